The van der Waals surface area contributed by atoms with Gasteiger partial charge in [0.15, 0.2) is 0 Å². The van der Waals surface area contributed by atoms with Gasteiger partial charge in [-0.3, -0.25) is 0 Å². The molecule has 2 heterocycles. The summed E-state index contributed by atoms with van der Waals surface area (Å²) in [5.74, 6) is 0.869. The van der Waals surface area contributed by atoms with Gasteiger partial charge in [-0.15, -0.1) is 0 Å². The second-order valence-corrected chi connectivity index (χ2v) is 5.02. The van der Waals surface area contributed by atoms with E-state index in [1.807, 2.05) is 0 Å². The molecule has 0 aromatic heterocycles. The summed E-state index contributed by atoms with van der Waals surface area (Å²) in [7, 11) is 0. The Bertz CT molecular complexity index is 209. The molecule has 1 N–H and O–H groups in total. The van der Waals surface area contributed by atoms with Crippen molar-refractivity contribution < 1.29 is 9.47 Å². The lowest BCUT2D eigenvalue weighted by molar-refractivity contribution is 0.00673. The molecule has 3 heteroatoms. The Kier molecular flexibility index (Phi) is 2.26. The summed E-state index contributed by atoms with van der Waals surface area (Å²) in [6, 6.07) is 0. The average molecular weight is 197 g/mol. The van der Waals surface area contributed by atoms with E-state index in [9.17, 15) is 0 Å². The molecule has 3 fully saturated rings. The van der Waals surface area contributed by atoms with E-state index in [0.717, 1.165) is 45.1 Å². The van der Waals surface area contributed by atoms with Gasteiger partial charge in [0.1, 0.15) is 0 Å². The fourth-order valence-corrected chi connectivity index (χ4v) is 2.48. The number of hydrogen-bond donors (Lipinski definition) is 1. The zero-order valence-electron chi connectivity index (χ0n) is 8.63. The van der Waals surface area contributed by atoms with Crippen LogP contribution in [0.2, 0.25) is 0 Å². The maximum absolute atomic E-state index is 5.88. The van der Waals surface area contributed by atoms with Crippen LogP contribution >= 0.6 is 0 Å². The molecule has 2 saturated heterocycles. The highest BCUT2D eigenvalue weighted by atomic mass is 16.6. The van der Waals surface area contributed by atoms with Gasteiger partial charge in [-0.1, -0.05) is 0 Å². The lowest BCUT2D eigenvalue weighted by Crippen LogP contribution is -2.31. The van der Waals surface area contributed by atoms with E-state index in [1.54, 1.807) is 0 Å². The fourth-order valence-electron chi connectivity index (χ4n) is 2.48. The van der Waals surface area contributed by atoms with Gasteiger partial charge in [0.2, 0.25) is 0 Å². The Morgan fingerprint density at radius 1 is 1.43 bits per heavy atom. The van der Waals surface area contributed by atoms with Crippen LogP contribution in [0.15, 0.2) is 0 Å². The number of rotatable bonds is 3. The molecule has 3 nitrogen and oxygen atoms in total. The molecule has 1 spiro atoms. The molecule has 3 aliphatic rings. The molecule has 0 unspecified atom stereocenters. The quantitative estimate of drug-likeness (QED) is 0.730. The van der Waals surface area contributed by atoms with Crippen LogP contribution < -0.4 is 5.32 Å². The van der Waals surface area contributed by atoms with E-state index in [0.29, 0.717) is 6.10 Å². The fraction of sp³-hybridized carbons (Fsp3) is 1.00. The van der Waals surface area contributed by atoms with Gasteiger partial charge in [0.25, 0.3) is 0 Å². The van der Waals surface area contributed by atoms with Gasteiger partial charge in [0.05, 0.1) is 18.3 Å². The predicted molar refractivity (Wildman–Crippen MR) is 53.3 cm³/mol. The molecule has 0 bridgehead atoms. The lowest BCUT2D eigenvalue weighted by atomic mass is 9.98. The van der Waals surface area contributed by atoms with Crippen molar-refractivity contribution in [2.45, 2.75) is 37.4 Å². The molecule has 0 radical (unpaired) electrons. The Labute approximate surface area is 85.1 Å². The van der Waals surface area contributed by atoms with Gasteiger partial charge < -0.3 is 14.8 Å². The van der Waals surface area contributed by atoms with Gasteiger partial charge in [-0.05, 0) is 31.7 Å². The first-order valence-electron chi connectivity index (χ1n) is 5.83. The molecule has 14 heavy (non-hydrogen) atoms. The van der Waals surface area contributed by atoms with Crippen LogP contribution in [-0.2, 0) is 9.47 Å². The van der Waals surface area contributed by atoms with Crippen LogP contribution in [0.5, 0.6) is 0 Å². The van der Waals surface area contributed by atoms with Crippen molar-refractivity contribution in [1.29, 1.82) is 0 Å². The smallest absolute Gasteiger partial charge is 0.0845 e. The summed E-state index contributed by atoms with van der Waals surface area (Å²) in [6.07, 6.45) is 5.39. The number of ether oxygens (including phenoxy) is 2. The van der Waals surface area contributed by atoms with Gasteiger partial charge in [0, 0.05) is 19.6 Å². The molecular weight excluding hydrogens is 178 g/mol. The predicted octanol–water partition coefficient (Wildman–Crippen LogP) is 0.934. The second-order valence-electron chi connectivity index (χ2n) is 5.02. The highest BCUT2D eigenvalue weighted by Gasteiger charge is 2.43. The van der Waals surface area contributed by atoms with Gasteiger partial charge in [-0.2, -0.15) is 0 Å². The minimum Gasteiger partial charge on any atom is -0.375 e. The summed E-state index contributed by atoms with van der Waals surface area (Å²) in [5.41, 5.74) is 0.133. The van der Waals surface area contributed by atoms with E-state index >= 15 is 0 Å². The van der Waals surface area contributed by atoms with Crippen molar-refractivity contribution in [3.8, 4) is 0 Å². The van der Waals surface area contributed by atoms with E-state index in [2.05, 4.69) is 5.32 Å². The normalized spacial score (nSPS) is 42.4. The highest BCUT2D eigenvalue weighted by molar-refractivity contribution is 4.96. The van der Waals surface area contributed by atoms with Gasteiger partial charge >= 0.3 is 0 Å². The van der Waals surface area contributed by atoms with Crippen molar-refractivity contribution in [3.63, 3.8) is 0 Å². The van der Waals surface area contributed by atoms with E-state index < -0.39 is 0 Å². The van der Waals surface area contributed by atoms with Crippen molar-refractivity contribution >= 4 is 0 Å². The number of hydrogen-bond acceptors (Lipinski definition) is 3. The van der Waals surface area contributed by atoms with Crippen molar-refractivity contribution in [3.05, 3.63) is 0 Å². The first kappa shape index (κ1) is 9.13. The summed E-state index contributed by atoms with van der Waals surface area (Å²) >= 11 is 0. The second kappa shape index (κ2) is 3.47. The van der Waals surface area contributed by atoms with Crippen LogP contribution in [0.25, 0.3) is 0 Å². The summed E-state index contributed by atoms with van der Waals surface area (Å²) in [6.45, 7) is 3.91. The number of nitrogens with one attached hydrogen (secondary N) is 1. The molecule has 1 saturated carbocycles. The van der Waals surface area contributed by atoms with Crippen LogP contribution in [0.1, 0.15) is 25.7 Å². The van der Waals surface area contributed by atoms with E-state index in [4.69, 9.17) is 9.47 Å². The Balaban J connectivity index is 1.48. The van der Waals surface area contributed by atoms with Crippen LogP contribution in [-0.4, -0.2) is 38.0 Å². The van der Waals surface area contributed by atoms with E-state index in [-0.39, 0.29) is 5.60 Å². The first-order valence-corrected chi connectivity index (χ1v) is 5.83. The standard InChI is InChI=1S/C11H19NO2/c1-2-9(1)6-13-10-5-11(14-7-10)3-4-12-8-11/h9-10,12H,1-8H2/t10-,11+/m0/s1. The zero-order valence-corrected chi connectivity index (χ0v) is 8.63. The van der Waals surface area contributed by atoms with Crippen molar-refractivity contribution in [2.24, 2.45) is 5.92 Å². The first-order chi connectivity index (χ1) is 6.86. The topological polar surface area (TPSA) is 30.5 Å². The largest absolute Gasteiger partial charge is 0.375 e. The minimum absolute atomic E-state index is 0.133. The summed E-state index contributed by atoms with van der Waals surface area (Å²) in [5, 5.41) is 3.37. The molecule has 1 aliphatic carbocycles. The summed E-state index contributed by atoms with van der Waals surface area (Å²) in [4.78, 5) is 0. The molecule has 0 aromatic carbocycles. The molecule has 2 atom stereocenters. The monoisotopic (exact) mass is 197 g/mol. The SMILES string of the molecule is C1C[C@]2(CN1)C[C@H](OCC1CC1)CO2. The van der Waals surface area contributed by atoms with E-state index in [1.165, 1.54) is 12.8 Å². The molecule has 0 amide bonds. The lowest BCUT2D eigenvalue weighted by Gasteiger charge is -2.20. The Hall–Kier alpha value is -0.120. The highest BCUT2D eigenvalue weighted by Crippen LogP contribution is 2.35. The maximum atomic E-state index is 5.88. The van der Waals surface area contributed by atoms with Gasteiger partial charge in [-0.25, -0.2) is 0 Å². The Morgan fingerprint density at radius 3 is 3.07 bits per heavy atom. The van der Waals surface area contributed by atoms with Crippen LogP contribution in [0.4, 0.5) is 0 Å². The van der Waals surface area contributed by atoms with Crippen LogP contribution in [0, 0.1) is 5.92 Å². The molecule has 2 aliphatic heterocycles. The van der Waals surface area contributed by atoms with Crippen LogP contribution in [0.3, 0.4) is 0 Å². The molecular formula is C11H19NO2. The molecule has 0 aromatic rings. The summed E-state index contributed by atoms with van der Waals surface area (Å²) < 4.78 is 11.7. The van der Waals surface area contributed by atoms with Crippen molar-refractivity contribution in [1.82, 2.24) is 5.32 Å². The maximum Gasteiger partial charge on any atom is 0.0845 e. The third-order valence-corrected chi connectivity index (χ3v) is 3.64. The molecule has 3 rings (SSSR count). The minimum atomic E-state index is 0.133. The third kappa shape index (κ3) is 1.81. The molecule has 80 valence electrons. The third-order valence-electron chi connectivity index (χ3n) is 3.64. The Morgan fingerprint density at radius 2 is 2.36 bits per heavy atom. The average Bonchev–Trinajstić information content (AvgIpc) is 2.79. The van der Waals surface area contributed by atoms with Crippen molar-refractivity contribution in [2.75, 3.05) is 26.3 Å². The zero-order chi connectivity index (χ0) is 9.43.